The second-order valence-corrected chi connectivity index (χ2v) is 8.71. The van der Waals surface area contributed by atoms with Gasteiger partial charge in [-0.2, -0.15) is 0 Å². The molecular formula is C26H33N3O3. The van der Waals surface area contributed by atoms with E-state index in [1.165, 1.54) is 24.8 Å². The molecule has 0 saturated carbocycles. The summed E-state index contributed by atoms with van der Waals surface area (Å²) in [7, 11) is 1.67. The molecule has 0 aromatic heterocycles. The topological polar surface area (TPSA) is 61.9 Å². The Kier molecular flexibility index (Phi) is 7.43. The number of nitrogens with one attached hydrogen (secondary N) is 1. The quantitative estimate of drug-likeness (QED) is 0.686. The first-order chi connectivity index (χ1) is 15.6. The molecule has 1 atom stereocenters. The van der Waals surface area contributed by atoms with Crippen LogP contribution in [0, 0.1) is 0 Å². The molecule has 0 radical (unpaired) electrons. The van der Waals surface area contributed by atoms with E-state index >= 15 is 0 Å². The van der Waals surface area contributed by atoms with Crippen LogP contribution in [0.3, 0.4) is 0 Å². The van der Waals surface area contributed by atoms with Gasteiger partial charge in [-0.25, -0.2) is 0 Å². The van der Waals surface area contributed by atoms with Crippen LogP contribution in [0.4, 0.5) is 0 Å². The van der Waals surface area contributed by atoms with E-state index in [2.05, 4.69) is 22.3 Å². The van der Waals surface area contributed by atoms with Crippen molar-refractivity contribution in [3.63, 3.8) is 0 Å². The minimum Gasteiger partial charge on any atom is -0.497 e. The highest BCUT2D eigenvalue weighted by Crippen LogP contribution is 2.26. The average molecular weight is 436 g/mol. The lowest BCUT2D eigenvalue weighted by atomic mass is 10.0. The average Bonchev–Trinajstić information content (AvgIpc) is 3.24. The van der Waals surface area contributed by atoms with E-state index < -0.39 is 0 Å². The number of methoxy groups -OCH3 is 1. The molecule has 2 aliphatic heterocycles. The molecule has 2 fully saturated rings. The summed E-state index contributed by atoms with van der Waals surface area (Å²) >= 11 is 0. The summed E-state index contributed by atoms with van der Waals surface area (Å²) in [5, 5.41) is 3.16. The van der Waals surface area contributed by atoms with Crippen LogP contribution >= 0.6 is 0 Å². The largest absolute Gasteiger partial charge is 0.497 e. The Morgan fingerprint density at radius 3 is 2.50 bits per heavy atom. The van der Waals surface area contributed by atoms with Gasteiger partial charge in [0.15, 0.2) is 0 Å². The first-order valence-electron chi connectivity index (χ1n) is 11.7. The molecule has 0 aliphatic carbocycles. The maximum Gasteiger partial charge on any atom is 0.251 e. The van der Waals surface area contributed by atoms with Crippen LogP contribution in [0.5, 0.6) is 5.75 Å². The van der Waals surface area contributed by atoms with E-state index in [0.717, 1.165) is 37.4 Å². The van der Waals surface area contributed by atoms with Crippen molar-refractivity contribution in [1.82, 2.24) is 15.1 Å². The highest BCUT2D eigenvalue weighted by Gasteiger charge is 2.24. The van der Waals surface area contributed by atoms with Crippen molar-refractivity contribution in [2.45, 2.75) is 44.7 Å². The van der Waals surface area contributed by atoms with E-state index in [4.69, 9.17) is 4.74 Å². The Bertz CT molecular complexity index is 922. The van der Waals surface area contributed by atoms with E-state index in [-0.39, 0.29) is 17.9 Å². The molecule has 6 nitrogen and oxygen atoms in total. The van der Waals surface area contributed by atoms with Gasteiger partial charge in [0.05, 0.1) is 13.2 Å². The molecule has 2 aromatic carbocycles. The summed E-state index contributed by atoms with van der Waals surface area (Å²) in [6, 6.07) is 15.9. The van der Waals surface area contributed by atoms with Gasteiger partial charge < -0.3 is 15.0 Å². The third-order valence-corrected chi connectivity index (χ3v) is 6.52. The van der Waals surface area contributed by atoms with Gasteiger partial charge in [-0.1, -0.05) is 30.7 Å². The lowest BCUT2D eigenvalue weighted by Gasteiger charge is -2.35. The SMILES string of the molecule is COc1ccc(C(CNC(=O)c2cccc(CN3CCCC3=O)c2)N2CCCCC2)cc1. The Labute approximate surface area is 190 Å². The number of hydrogen-bond donors (Lipinski definition) is 1. The normalized spacial score (nSPS) is 17.9. The van der Waals surface area contributed by atoms with Gasteiger partial charge in [-0.15, -0.1) is 0 Å². The van der Waals surface area contributed by atoms with Crippen molar-refractivity contribution >= 4 is 11.8 Å². The van der Waals surface area contributed by atoms with Gasteiger partial charge in [0.25, 0.3) is 5.91 Å². The number of likely N-dealkylation sites (tertiary alicyclic amines) is 2. The molecule has 1 N–H and O–H groups in total. The van der Waals surface area contributed by atoms with Gasteiger partial charge >= 0.3 is 0 Å². The third kappa shape index (κ3) is 5.49. The first kappa shape index (κ1) is 22.3. The van der Waals surface area contributed by atoms with Crippen molar-refractivity contribution in [2.24, 2.45) is 0 Å². The maximum atomic E-state index is 13.0. The minimum atomic E-state index is -0.0740. The lowest BCUT2D eigenvalue weighted by Crippen LogP contribution is -2.40. The van der Waals surface area contributed by atoms with Crippen LogP contribution in [0.2, 0.25) is 0 Å². The van der Waals surface area contributed by atoms with Crippen molar-refractivity contribution < 1.29 is 14.3 Å². The van der Waals surface area contributed by atoms with Crippen molar-refractivity contribution in [2.75, 3.05) is 33.3 Å². The Morgan fingerprint density at radius 1 is 1.03 bits per heavy atom. The number of rotatable bonds is 8. The van der Waals surface area contributed by atoms with Crippen molar-refractivity contribution in [1.29, 1.82) is 0 Å². The minimum absolute atomic E-state index is 0.0740. The molecule has 170 valence electrons. The summed E-state index contributed by atoms with van der Waals surface area (Å²) in [5.74, 6) is 0.960. The van der Waals surface area contributed by atoms with E-state index in [1.807, 2.05) is 41.3 Å². The van der Waals surface area contributed by atoms with E-state index in [1.54, 1.807) is 7.11 Å². The molecule has 4 rings (SSSR count). The number of amides is 2. The monoisotopic (exact) mass is 435 g/mol. The van der Waals surface area contributed by atoms with Crippen molar-refractivity contribution in [3.8, 4) is 5.75 Å². The number of hydrogen-bond acceptors (Lipinski definition) is 4. The number of piperidine rings is 1. The molecule has 2 aromatic rings. The maximum absolute atomic E-state index is 13.0. The van der Waals surface area contributed by atoms with Crippen LogP contribution in [0.1, 0.15) is 59.6 Å². The van der Waals surface area contributed by atoms with Crippen LogP contribution in [0.25, 0.3) is 0 Å². The van der Waals surface area contributed by atoms with Crippen LogP contribution in [-0.4, -0.2) is 54.9 Å². The second kappa shape index (κ2) is 10.6. The summed E-state index contributed by atoms with van der Waals surface area (Å²) in [4.78, 5) is 29.3. The summed E-state index contributed by atoms with van der Waals surface area (Å²) in [6.07, 6.45) is 5.20. The molecule has 0 spiro atoms. The van der Waals surface area contributed by atoms with Crippen LogP contribution < -0.4 is 10.1 Å². The predicted molar refractivity (Wildman–Crippen MR) is 125 cm³/mol. The van der Waals surface area contributed by atoms with E-state index in [0.29, 0.717) is 25.1 Å². The van der Waals surface area contributed by atoms with Gasteiger partial charge in [0.2, 0.25) is 5.91 Å². The highest BCUT2D eigenvalue weighted by atomic mass is 16.5. The van der Waals surface area contributed by atoms with Gasteiger partial charge in [-0.05, 0) is 67.7 Å². The van der Waals surface area contributed by atoms with E-state index in [9.17, 15) is 9.59 Å². The Hall–Kier alpha value is -2.86. The number of nitrogens with zero attached hydrogens (tertiary/aromatic N) is 2. The fourth-order valence-electron chi connectivity index (χ4n) is 4.71. The first-order valence-corrected chi connectivity index (χ1v) is 11.7. The smallest absolute Gasteiger partial charge is 0.251 e. The number of ether oxygens (including phenoxy) is 1. The van der Waals surface area contributed by atoms with Crippen molar-refractivity contribution in [3.05, 3.63) is 65.2 Å². The lowest BCUT2D eigenvalue weighted by molar-refractivity contribution is -0.128. The zero-order valence-corrected chi connectivity index (χ0v) is 18.9. The Morgan fingerprint density at radius 2 is 1.81 bits per heavy atom. The fourth-order valence-corrected chi connectivity index (χ4v) is 4.71. The number of benzene rings is 2. The molecule has 32 heavy (non-hydrogen) atoms. The van der Waals surface area contributed by atoms with Gasteiger partial charge in [0, 0.05) is 31.6 Å². The molecule has 1 unspecified atom stereocenters. The zero-order valence-electron chi connectivity index (χ0n) is 18.9. The summed E-state index contributed by atoms with van der Waals surface area (Å²) in [6.45, 7) is 4.02. The highest BCUT2D eigenvalue weighted by molar-refractivity contribution is 5.94. The number of carbonyl (C=O) groups excluding carboxylic acids is 2. The molecule has 2 amide bonds. The summed E-state index contributed by atoms with van der Waals surface area (Å²) in [5.41, 5.74) is 2.83. The predicted octanol–water partition coefficient (Wildman–Crippen LogP) is 3.77. The molecule has 0 bridgehead atoms. The fraction of sp³-hybridized carbons (Fsp3) is 0.462. The summed E-state index contributed by atoms with van der Waals surface area (Å²) < 4.78 is 5.31. The van der Waals surface area contributed by atoms with Crippen LogP contribution in [0.15, 0.2) is 48.5 Å². The molecular weight excluding hydrogens is 402 g/mol. The Balaban J connectivity index is 1.43. The van der Waals surface area contributed by atoms with Gasteiger partial charge in [0.1, 0.15) is 5.75 Å². The molecule has 2 saturated heterocycles. The third-order valence-electron chi connectivity index (χ3n) is 6.52. The standard InChI is InChI=1S/C26H33N3O3/c1-32-23-12-10-21(11-13-23)24(28-14-3-2-4-15-28)18-27-26(31)22-8-5-7-20(17-22)19-29-16-6-9-25(29)30/h5,7-8,10-13,17,24H,2-4,6,9,14-16,18-19H2,1H3,(H,27,31). The number of carbonyl (C=O) groups is 2. The second-order valence-electron chi connectivity index (χ2n) is 8.71. The molecule has 2 heterocycles. The molecule has 2 aliphatic rings. The molecule has 6 heteroatoms. The zero-order chi connectivity index (χ0) is 22.3. The van der Waals surface area contributed by atoms with Crippen LogP contribution in [-0.2, 0) is 11.3 Å². The van der Waals surface area contributed by atoms with Gasteiger partial charge in [-0.3, -0.25) is 14.5 Å².